The summed E-state index contributed by atoms with van der Waals surface area (Å²) < 4.78 is 31.6. The van der Waals surface area contributed by atoms with E-state index in [9.17, 15) is 8.42 Å². The van der Waals surface area contributed by atoms with E-state index in [0.717, 1.165) is 17.5 Å². The molecular formula is C19H32O3S. The van der Waals surface area contributed by atoms with Crippen LogP contribution in [0.25, 0.3) is 0 Å². The third kappa shape index (κ3) is 9.11. The molecule has 0 fully saturated rings. The summed E-state index contributed by atoms with van der Waals surface area (Å²) in [6.45, 7) is 4.43. The van der Waals surface area contributed by atoms with Crippen LogP contribution in [-0.4, -0.2) is 13.0 Å². The fourth-order valence-corrected chi connectivity index (χ4v) is 3.78. The lowest BCUT2D eigenvalue weighted by Crippen LogP contribution is -2.10. The highest BCUT2D eigenvalue weighted by atomic mass is 32.2. The number of hydrogen-bond acceptors (Lipinski definition) is 2. The molecule has 0 spiro atoms. The molecule has 1 aromatic carbocycles. The Bertz CT molecular complexity index is 537. The second-order valence-corrected chi connectivity index (χ2v) is 8.01. The van der Waals surface area contributed by atoms with Gasteiger partial charge in [0.1, 0.15) is 5.75 Å². The normalized spacial score (nSPS) is 13.2. The van der Waals surface area contributed by atoms with Crippen LogP contribution < -0.4 is 0 Å². The van der Waals surface area contributed by atoms with Crippen molar-refractivity contribution in [3.63, 3.8) is 0 Å². The molecule has 0 aliphatic rings. The summed E-state index contributed by atoms with van der Waals surface area (Å²) in [5.41, 5.74) is 1.81. The fraction of sp³-hybridized carbons (Fsp3) is 0.684. The van der Waals surface area contributed by atoms with Crippen LogP contribution in [0, 0.1) is 5.92 Å². The molecule has 0 bridgehead atoms. The van der Waals surface area contributed by atoms with Gasteiger partial charge < -0.3 is 0 Å². The summed E-state index contributed by atoms with van der Waals surface area (Å²) in [5, 5.41) is 0. The zero-order valence-corrected chi connectivity index (χ0v) is 15.4. The van der Waals surface area contributed by atoms with Gasteiger partial charge in [-0.05, 0) is 23.5 Å². The molecule has 0 amide bonds. The molecule has 4 heteroatoms. The molecule has 23 heavy (non-hydrogen) atoms. The average Bonchev–Trinajstić information content (AvgIpc) is 2.49. The van der Waals surface area contributed by atoms with E-state index >= 15 is 0 Å². The van der Waals surface area contributed by atoms with E-state index in [0.29, 0.717) is 5.92 Å². The lowest BCUT2D eigenvalue weighted by molar-refractivity contribution is 0.409. The Kier molecular flexibility index (Phi) is 9.49. The zero-order chi connectivity index (χ0) is 17.1. The van der Waals surface area contributed by atoms with Gasteiger partial charge in [-0.3, -0.25) is 4.55 Å². The lowest BCUT2D eigenvalue weighted by atomic mass is 9.88. The Morgan fingerprint density at radius 1 is 0.913 bits per heavy atom. The van der Waals surface area contributed by atoms with Crippen LogP contribution in [0.15, 0.2) is 24.3 Å². The average molecular weight is 341 g/mol. The van der Waals surface area contributed by atoms with Crippen molar-refractivity contribution in [2.45, 2.75) is 77.4 Å². The Morgan fingerprint density at radius 3 is 2.13 bits per heavy atom. The van der Waals surface area contributed by atoms with Gasteiger partial charge in [-0.1, -0.05) is 89.5 Å². The van der Waals surface area contributed by atoms with Gasteiger partial charge in [-0.2, -0.15) is 8.42 Å². The molecule has 0 saturated carbocycles. The molecule has 3 nitrogen and oxygen atoms in total. The number of rotatable bonds is 12. The predicted molar refractivity (Wildman–Crippen MR) is 97.2 cm³/mol. The van der Waals surface area contributed by atoms with Crippen molar-refractivity contribution >= 4 is 10.1 Å². The van der Waals surface area contributed by atoms with Gasteiger partial charge in [0.05, 0.1) is 0 Å². The molecular weight excluding hydrogens is 308 g/mol. The summed E-state index contributed by atoms with van der Waals surface area (Å²) >= 11 is 0. The van der Waals surface area contributed by atoms with E-state index in [1.807, 2.05) is 24.3 Å². The van der Waals surface area contributed by atoms with Crippen LogP contribution in [0.4, 0.5) is 0 Å². The molecule has 0 saturated heterocycles. The maximum Gasteiger partial charge on any atom is 0.269 e. The van der Waals surface area contributed by atoms with E-state index < -0.39 is 10.1 Å². The number of benzene rings is 1. The zero-order valence-electron chi connectivity index (χ0n) is 14.6. The molecule has 1 aromatic rings. The van der Waals surface area contributed by atoms with Gasteiger partial charge in [0, 0.05) is 0 Å². The summed E-state index contributed by atoms with van der Waals surface area (Å²) in [5.74, 6) is 0.328. The van der Waals surface area contributed by atoms with E-state index in [1.54, 1.807) is 0 Å². The SMILES string of the molecule is CCCCCCC(CCCC)Cc1ccccc1CS(=O)(=O)O. The summed E-state index contributed by atoms with van der Waals surface area (Å²) in [4.78, 5) is 0. The van der Waals surface area contributed by atoms with Crippen LogP contribution in [0.2, 0.25) is 0 Å². The van der Waals surface area contributed by atoms with Crippen LogP contribution in [0.5, 0.6) is 0 Å². The third-order valence-corrected chi connectivity index (χ3v) is 5.07. The first-order chi connectivity index (χ1) is 11.0. The fourth-order valence-electron chi connectivity index (χ4n) is 3.11. The van der Waals surface area contributed by atoms with Crippen molar-refractivity contribution in [2.24, 2.45) is 5.92 Å². The topological polar surface area (TPSA) is 54.4 Å². The molecule has 0 radical (unpaired) electrons. The van der Waals surface area contributed by atoms with E-state index in [2.05, 4.69) is 13.8 Å². The van der Waals surface area contributed by atoms with Crippen molar-refractivity contribution in [1.82, 2.24) is 0 Å². The third-order valence-electron chi connectivity index (χ3n) is 4.40. The van der Waals surface area contributed by atoms with Crippen LogP contribution >= 0.6 is 0 Å². The monoisotopic (exact) mass is 340 g/mol. The van der Waals surface area contributed by atoms with Gasteiger partial charge in [0.25, 0.3) is 10.1 Å². The van der Waals surface area contributed by atoms with Gasteiger partial charge in [0.15, 0.2) is 0 Å². The molecule has 132 valence electrons. The van der Waals surface area contributed by atoms with Crippen LogP contribution in [0.1, 0.15) is 76.3 Å². The summed E-state index contributed by atoms with van der Waals surface area (Å²) in [6, 6.07) is 7.62. The molecule has 0 aliphatic heterocycles. The number of hydrogen-bond donors (Lipinski definition) is 1. The van der Waals surface area contributed by atoms with Gasteiger partial charge in [-0.25, -0.2) is 0 Å². The molecule has 1 atom stereocenters. The van der Waals surface area contributed by atoms with Crippen molar-refractivity contribution in [2.75, 3.05) is 0 Å². The molecule has 0 heterocycles. The van der Waals surface area contributed by atoms with Crippen molar-refractivity contribution in [3.8, 4) is 0 Å². The van der Waals surface area contributed by atoms with Crippen LogP contribution in [-0.2, 0) is 22.3 Å². The minimum absolute atomic E-state index is 0.278. The van der Waals surface area contributed by atoms with Crippen LogP contribution in [0.3, 0.4) is 0 Å². The molecule has 1 N–H and O–H groups in total. The Hall–Kier alpha value is -0.870. The standard InChI is InChI=1S/C19H32O3S/c1-3-5-7-8-12-17(11-6-4-2)15-18-13-9-10-14-19(18)16-23(20,21)22/h9-10,13-14,17H,3-8,11-12,15-16H2,1-2H3,(H,20,21,22). The maximum absolute atomic E-state index is 11.2. The highest BCUT2D eigenvalue weighted by Crippen LogP contribution is 2.24. The molecule has 0 aromatic heterocycles. The second kappa shape index (κ2) is 10.8. The quantitative estimate of drug-likeness (QED) is 0.410. The smallest absolute Gasteiger partial charge is 0.269 e. The van der Waals surface area contributed by atoms with Gasteiger partial charge >= 0.3 is 0 Å². The van der Waals surface area contributed by atoms with Crippen molar-refractivity contribution < 1.29 is 13.0 Å². The molecule has 1 rings (SSSR count). The van der Waals surface area contributed by atoms with E-state index in [1.165, 1.54) is 51.4 Å². The largest absolute Gasteiger partial charge is 0.285 e. The Morgan fingerprint density at radius 2 is 1.52 bits per heavy atom. The first-order valence-electron chi connectivity index (χ1n) is 8.98. The Balaban J connectivity index is 2.73. The van der Waals surface area contributed by atoms with E-state index in [-0.39, 0.29) is 5.75 Å². The number of unbranched alkanes of at least 4 members (excludes halogenated alkanes) is 4. The first kappa shape index (κ1) is 20.2. The van der Waals surface area contributed by atoms with Crippen molar-refractivity contribution in [1.29, 1.82) is 0 Å². The lowest BCUT2D eigenvalue weighted by Gasteiger charge is -2.18. The minimum Gasteiger partial charge on any atom is -0.285 e. The molecule has 0 aliphatic carbocycles. The first-order valence-corrected chi connectivity index (χ1v) is 10.6. The van der Waals surface area contributed by atoms with Gasteiger partial charge in [-0.15, -0.1) is 0 Å². The summed E-state index contributed by atoms with van der Waals surface area (Å²) in [7, 11) is -3.98. The highest BCUT2D eigenvalue weighted by Gasteiger charge is 2.15. The second-order valence-electron chi connectivity index (χ2n) is 6.56. The van der Waals surface area contributed by atoms with E-state index in [4.69, 9.17) is 4.55 Å². The maximum atomic E-state index is 11.2. The highest BCUT2D eigenvalue weighted by molar-refractivity contribution is 7.85. The van der Waals surface area contributed by atoms with Crippen molar-refractivity contribution in [3.05, 3.63) is 35.4 Å². The van der Waals surface area contributed by atoms with Gasteiger partial charge in [0.2, 0.25) is 0 Å². The Labute approximate surface area is 142 Å². The predicted octanol–water partition coefficient (Wildman–Crippen LogP) is 5.39. The molecule has 1 unspecified atom stereocenters. The minimum atomic E-state index is -3.98. The summed E-state index contributed by atoms with van der Waals surface area (Å²) in [6.07, 6.45) is 10.8.